The summed E-state index contributed by atoms with van der Waals surface area (Å²) in [6.07, 6.45) is 0.460. The summed E-state index contributed by atoms with van der Waals surface area (Å²) >= 11 is 6.08. The van der Waals surface area contributed by atoms with Crippen molar-refractivity contribution in [1.29, 1.82) is 0 Å². The molecule has 2 N–H and O–H groups in total. The Morgan fingerprint density at radius 2 is 2.04 bits per heavy atom. The van der Waals surface area contributed by atoms with Crippen molar-refractivity contribution in [2.45, 2.75) is 25.4 Å². The van der Waals surface area contributed by atoms with Crippen molar-refractivity contribution < 1.29 is 14.4 Å². The van der Waals surface area contributed by atoms with Gasteiger partial charge in [0.05, 0.1) is 6.54 Å². The van der Waals surface area contributed by atoms with Gasteiger partial charge in [-0.15, -0.1) is 0 Å². The molecule has 1 saturated heterocycles. The highest BCUT2D eigenvalue weighted by molar-refractivity contribution is 6.31. The highest BCUT2D eigenvalue weighted by atomic mass is 35.5. The SMILES string of the molecule is CN(C)CCNC(=O)CCC1NC(=O)N(Cc2ccccc2Cl)C1=O. The largest absolute Gasteiger partial charge is 0.355 e. The average molecular weight is 367 g/mol. The molecule has 136 valence electrons. The molecule has 0 aromatic heterocycles. The molecule has 1 heterocycles. The predicted molar refractivity (Wildman–Crippen MR) is 95.1 cm³/mol. The van der Waals surface area contributed by atoms with Gasteiger partial charge in [0.25, 0.3) is 5.91 Å². The number of nitrogens with zero attached hydrogens (tertiary/aromatic N) is 2. The molecule has 1 aliphatic heterocycles. The second-order valence-corrected chi connectivity index (χ2v) is 6.62. The lowest BCUT2D eigenvalue weighted by atomic mass is 10.1. The molecule has 25 heavy (non-hydrogen) atoms. The number of urea groups is 1. The van der Waals surface area contributed by atoms with Crippen molar-refractivity contribution in [3.8, 4) is 0 Å². The third-order valence-electron chi connectivity index (χ3n) is 3.93. The van der Waals surface area contributed by atoms with E-state index in [1.54, 1.807) is 24.3 Å². The minimum Gasteiger partial charge on any atom is -0.355 e. The lowest BCUT2D eigenvalue weighted by molar-refractivity contribution is -0.128. The third kappa shape index (κ3) is 5.44. The van der Waals surface area contributed by atoms with Crippen LogP contribution in [0.5, 0.6) is 0 Å². The Labute approximate surface area is 152 Å². The van der Waals surface area contributed by atoms with Crippen molar-refractivity contribution in [3.05, 3.63) is 34.9 Å². The maximum absolute atomic E-state index is 12.4. The van der Waals surface area contributed by atoms with E-state index in [4.69, 9.17) is 11.6 Å². The van der Waals surface area contributed by atoms with E-state index in [0.29, 0.717) is 17.1 Å². The molecule has 4 amide bonds. The fourth-order valence-electron chi connectivity index (χ4n) is 2.50. The second-order valence-electron chi connectivity index (χ2n) is 6.21. The number of hydrogen-bond donors (Lipinski definition) is 2. The highest BCUT2D eigenvalue weighted by Gasteiger charge is 2.37. The van der Waals surface area contributed by atoms with Crippen molar-refractivity contribution in [3.63, 3.8) is 0 Å². The predicted octanol–water partition coefficient (Wildman–Crippen LogP) is 1.22. The molecule has 7 nitrogen and oxygen atoms in total. The number of benzene rings is 1. The van der Waals surface area contributed by atoms with Crippen LogP contribution in [0.15, 0.2) is 24.3 Å². The molecule has 1 aromatic rings. The summed E-state index contributed by atoms with van der Waals surface area (Å²) < 4.78 is 0. The summed E-state index contributed by atoms with van der Waals surface area (Å²) in [5.41, 5.74) is 0.703. The van der Waals surface area contributed by atoms with Crippen LogP contribution in [0.2, 0.25) is 5.02 Å². The van der Waals surface area contributed by atoms with Crippen LogP contribution in [0.25, 0.3) is 0 Å². The molecule has 0 radical (unpaired) electrons. The highest BCUT2D eigenvalue weighted by Crippen LogP contribution is 2.20. The first-order chi connectivity index (χ1) is 11.9. The summed E-state index contributed by atoms with van der Waals surface area (Å²) in [6.45, 7) is 1.42. The van der Waals surface area contributed by atoms with Crippen LogP contribution in [0.1, 0.15) is 18.4 Å². The van der Waals surface area contributed by atoms with Gasteiger partial charge in [0.15, 0.2) is 0 Å². The number of halogens is 1. The van der Waals surface area contributed by atoms with Crippen molar-refractivity contribution in [1.82, 2.24) is 20.4 Å². The van der Waals surface area contributed by atoms with Gasteiger partial charge in [-0.2, -0.15) is 0 Å². The zero-order valence-electron chi connectivity index (χ0n) is 14.4. The molecule has 0 bridgehead atoms. The fraction of sp³-hybridized carbons (Fsp3) is 0.471. The molecule has 1 fully saturated rings. The van der Waals surface area contributed by atoms with Crippen LogP contribution in [0.3, 0.4) is 0 Å². The van der Waals surface area contributed by atoms with Crippen LogP contribution in [0, 0.1) is 0 Å². The summed E-state index contributed by atoms with van der Waals surface area (Å²) in [5, 5.41) is 5.92. The van der Waals surface area contributed by atoms with E-state index in [1.807, 2.05) is 19.0 Å². The third-order valence-corrected chi connectivity index (χ3v) is 4.30. The van der Waals surface area contributed by atoms with Gasteiger partial charge in [-0.25, -0.2) is 4.79 Å². The lowest BCUT2D eigenvalue weighted by Gasteiger charge is -2.14. The molecule has 2 rings (SSSR count). The molecule has 0 spiro atoms. The molecule has 1 aromatic carbocycles. The first kappa shape index (κ1) is 19.2. The quantitative estimate of drug-likeness (QED) is 0.678. The van der Waals surface area contributed by atoms with Crippen LogP contribution < -0.4 is 10.6 Å². The van der Waals surface area contributed by atoms with Crippen molar-refractivity contribution >= 4 is 29.4 Å². The second kappa shape index (κ2) is 8.82. The van der Waals surface area contributed by atoms with E-state index in [0.717, 1.165) is 11.4 Å². The number of hydrogen-bond acceptors (Lipinski definition) is 4. The minimum atomic E-state index is -0.672. The van der Waals surface area contributed by atoms with Gasteiger partial charge in [-0.1, -0.05) is 29.8 Å². The molecule has 0 saturated carbocycles. The summed E-state index contributed by atoms with van der Waals surface area (Å²) in [7, 11) is 3.85. The van der Waals surface area contributed by atoms with E-state index in [9.17, 15) is 14.4 Å². The van der Waals surface area contributed by atoms with Crippen LogP contribution in [-0.2, 0) is 16.1 Å². The minimum absolute atomic E-state index is 0.121. The van der Waals surface area contributed by atoms with E-state index in [2.05, 4.69) is 10.6 Å². The standard InChI is InChI=1S/C17H23ClN4O3/c1-21(2)10-9-19-15(23)8-7-14-16(24)22(17(25)20-14)11-12-5-3-4-6-13(12)18/h3-6,14H,7-11H2,1-2H3,(H,19,23)(H,20,25). The van der Waals surface area contributed by atoms with Gasteiger partial charge >= 0.3 is 6.03 Å². The molecular weight excluding hydrogens is 344 g/mol. The van der Waals surface area contributed by atoms with Gasteiger partial charge in [-0.05, 0) is 32.1 Å². The van der Waals surface area contributed by atoms with E-state index < -0.39 is 12.1 Å². The number of likely N-dealkylation sites (N-methyl/N-ethyl adjacent to an activating group) is 1. The topological polar surface area (TPSA) is 81.8 Å². The number of imide groups is 1. The fourth-order valence-corrected chi connectivity index (χ4v) is 2.70. The summed E-state index contributed by atoms with van der Waals surface area (Å²) in [5.74, 6) is -0.459. The maximum atomic E-state index is 12.4. The zero-order valence-corrected chi connectivity index (χ0v) is 15.2. The molecule has 1 aliphatic rings. The Hall–Kier alpha value is -2.12. The Kier molecular flexibility index (Phi) is 6.78. The Bertz CT molecular complexity index is 651. The van der Waals surface area contributed by atoms with E-state index >= 15 is 0 Å². The van der Waals surface area contributed by atoms with Crippen molar-refractivity contribution in [2.24, 2.45) is 0 Å². The average Bonchev–Trinajstić information content (AvgIpc) is 2.82. The first-order valence-electron chi connectivity index (χ1n) is 8.15. The van der Waals surface area contributed by atoms with Crippen molar-refractivity contribution in [2.75, 3.05) is 27.2 Å². The normalized spacial score (nSPS) is 17.1. The molecular formula is C17H23ClN4O3. The van der Waals surface area contributed by atoms with Gasteiger partial charge in [0.2, 0.25) is 5.91 Å². The molecule has 1 atom stereocenters. The number of rotatable bonds is 8. The monoisotopic (exact) mass is 366 g/mol. The van der Waals surface area contributed by atoms with Crippen LogP contribution >= 0.6 is 11.6 Å². The summed E-state index contributed by atoms with van der Waals surface area (Å²) in [4.78, 5) is 39.4. The van der Waals surface area contributed by atoms with Gasteiger partial charge in [-0.3, -0.25) is 14.5 Å². The van der Waals surface area contributed by atoms with Gasteiger partial charge in [0, 0.05) is 24.5 Å². The van der Waals surface area contributed by atoms with Gasteiger partial charge < -0.3 is 15.5 Å². The molecule has 0 aliphatic carbocycles. The lowest BCUT2D eigenvalue weighted by Crippen LogP contribution is -2.34. The first-order valence-corrected chi connectivity index (χ1v) is 8.53. The smallest absolute Gasteiger partial charge is 0.325 e. The van der Waals surface area contributed by atoms with Crippen LogP contribution in [0.4, 0.5) is 4.79 Å². The Morgan fingerprint density at radius 3 is 2.72 bits per heavy atom. The zero-order chi connectivity index (χ0) is 18.4. The Balaban J connectivity index is 1.84. The number of nitrogens with one attached hydrogen (secondary N) is 2. The molecule has 8 heteroatoms. The van der Waals surface area contributed by atoms with Crippen LogP contribution in [-0.4, -0.2) is 60.9 Å². The maximum Gasteiger partial charge on any atom is 0.325 e. The summed E-state index contributed by atoms with van der Waals surface area (Å²) in [6, 6.07) is 5.95. The number of carbonyl (C=O) groups is 3. The van der Waals surface area contributed by atoms with E-state index in [1.165, 1.54) is 0 Å². The van der Waals surface area contributed by atoms with Gasteiger partial charge in [0.1, 0.15) is 6.04 Å². The molecule has 1 unspecified atom stereocenters. The Morgan fingerprint density at radius 1 is 1.32 bits per heavy atom. The number of carbonyl (C=O) groups excluding carboxylic acids is 3. The number of amides is 4. The van der Waals surface area contributed by atoms with E-state index in [-0.39, 0.29) is 31.2 Å².